The van der Waals surface area contributed by atoms with Crippen LogP contribution in [0, 0.1) is 0 Å². The monoisotopic (exact) mass is 129 g/mol. The van der Waals surface area contributed by atoms with Gasteiger partial charge in [-0.05, 0) is 20.3 Å². The molecule has 1 aliphatic rings. The second kappa shape index (κ2) is 3.00. The first-order chi connectivity index (χ1) is 4.30. The molecular weight excluding hydrogens is 113 g/mol. The van der Waals surface area contributed by atoms with E-state index in [1.165, 1.54) is 25.8 Å². The second-order valence-electron chi connectivity index (χ2n) is 3.01. The highest BCUT2D eigenvalue weighted by Gasteiger charge is 2.11. The summed E-state index contributed by atoms with van der Waals surface area (Å²) in [5.74, 6) is 0. The minimum absolute atomic E-state index is 0.713. The summed E-state index contributed by atoms with van der Waals surface area (Å²) in [7, 11) is 0. The molecule has 0 atom stereocenters. The highest BCUT2D eigenvalue weighted by molar-refractivity contribution is 5.51. The van der Waals surface area contributed by atoms with Crippen molar-refractivity contribution in [1.82, 2.24) is 0 Å². The first-order valence-corrected chi connectivity index (χ1v) is 3.90. The number of nitrogens with zero attached hydrogens (tertiary/aromatic N) is 1. The molecule has 0 saturated heterocycles. The fraction of sp³-hybridized carbons (Fsp3) is 0.875. The summed E-state index contributed by atoms with van der Waals surface area (Å²) >= 11 is 0. The Labute approximate surface area is 57.4 Å². The van der Waals surface area contributed by atoms with Gasteiger partial charge in [0.15, 0.2) is 0 Å². The van der Waals surface area contributed by atoms with Gasteiger partial charge in [-0.3, -0.25) is 0 Å². The number of hydrogen-bond donors (Lipinski definition) is 0. The van der Waals surface area contributed by atoms with Crippen molar-refractivity contribution in [2.75, 3.05) is 6.54 Å². The third-order valence-corrected chi connectivity index (χ3v) is 1.90. The Morgan fingerprint density at radius 1 is 1.33 bits per heavy atom. The van der Waals surface area contributed by atoms with Crippen LogP contribution < -0.4 is 0 Å². The highest BCUT2D eigenvalue weighted by atomic mass is 15.9. The molecule has 1 heteroatoms. The predicted octanol–water partition coefficient (Wildman–Crippen LogP) is 1.66. The molecule has 1 aliphatic heterocycles. The van der Waals surface area contributed by atoms with E-state index in [0.717, 1.165) is 0 Å². The van der Waals surface area contributed by atoms with Crippen LogP contribution in [0.3, 0.4) is 0 Å². The zero-order valence-corrected chi connectivity index (χ0v) is 6.43. The van der Waals surface area contributed by atoms with Crippen molar-refractivity contribution in [3.63, 3.8) is 0 Å². The molecule has 0 radical (unpaired) electrons. The molecule has 1 nitrogen and oxygen atoms in total. The van der Waals surface area contributed by atoms with Crippen LogP contribution in [0.2, 0.25) is 0 Å². The van der Waals surface area contributed by atoms with E-state index in [1.54, 1.807) is 0 Å². The molecular formula is C8H16N+. The maximum Gasteiger partial charge on any atom is 0.146 e. The Balaban J connectivity index is 2.46. The van der Waals surface area contributed by atoms with E-state index in [2.05, 4.69) is 24.6 Å². The van der Waals surface area contributed by atoms with Gasteiger partial charge >= 0.3 is 0 Å². The Kier molecular flexibility index (Phi) is 2.26. The summed E-state index contributed by atoms with van der Waals surface area (Å²) in [5, 5.41) is 0. The Bertz CT molecular complexity index is 114. The molecule has 1 rings (SSSR count). The first-order valence-electron chi connectivity index (χ1n) is 3.90. The Morgan fingerprint density at radius 3 is 2.44 bits per heavy atom. The maximum absolute atomic E-state index is 2.43. The summed E-state index contributed by atoms with van der Waals surface area (Å²) in [4.78, 5) is 0. The van der Waals surface area contributed by atoms with Crippen molar-refractivity contribution < 1.29 is 4.58 Å². The summed E-state index contributed by atoms with van der Waals surface area (Å²) < 4.78 is 2.43. The molecule has 1 heterocycles. The molecule has 0 amide bonds. The van der Waals surface area contributed by atoms with Gasteiger partial charge in [-0.2, -0.15) is 0 Å². The topological polar surface area (TPSA) is 3.01 Å². The lowest BCUT2D eigenvalue weighted by Gasteiger charge is -2.10. The van der Waals surface area contributed by atoms with Crippen molar-refractivity contribution in [2.24, 2.45) is 0 Å². The predicted molar refractivity (Wildman–Crippen MR) is 40.2 cm³/mol. The molecule has 0 fully saturated rings. The van der Waals surface area contributed by atoms with Crippen molar-refractivity contribution in [1.29, 1.82) is 0 Å². The Hall–Kier alpha value is -0.330. The lowest BCUT2D eigenvalue weighted by molar-refractivity contribution is -0.558. The molecule has 0 saturated carbocycles. The molecule has 0 aromatic rings. The molecule has 0 spiro atoms. The molecule has 0 aliphatic carbocycles. The van der Waals surface area contributed by atoms with Crippen LogP contribution in [0.5, 0.6) is 0 Å². The van der Waals surface area contributed by atoms with Gasteiger partial charge < -0.3 is 0 Å². The third kappa shape index (κ3) is 1.81. The first kappa shape index (κ1) is 6.79. The molecule has 0 aromatic carbocycles. The van der Waals surface area contributed by atoms with Crippen LogP contribution in [0.15, 0.2) is 0 Å². The van der Waals surface area contributed by atoms with Gasteiger partial charge in [-0.25, -0.2) is 4.58 Å². The number of rotatable bonds is 1. The number of hydrogen-bond acceptors (Lipinski definition) is 0. The van der Waals surface area contributed by atoms with E-state index < -0.39 is 0 Å². The van der Waals surface area contributed by atoms with E-state index in [9.17, 15) is 0 Å². The molecule has 0 bridgehead atoms. The molecule has 0 unspecified atom stereocenters. The summed E-state index contributed by atoms with van der Waals surface area (Å²) in [6.07, 6.45) is 6.41. The zero-order valence-electron chi connectivity index (χ0n) is 6.43. The molecule has 0 aromatic heterocycles. The minimum atomic E-state index is 0.713. The fourth-order valence-corrected chi connectivity index (χ4v) is 1.26. The Morgan fingerprint density at radius 2 is 2.11 bits per heavy atom. The van der Waals surface area contributed by atoms with Crippen molar-refractivity contribution >= 4 is 6.21 Å². The third-order valence-electron chi connectivity index (χ3n) is 1.90. The average Bonchev–Trinajstić information content (AvgIpc) is 1.90. The molecule has 9 heavy (non-hydrogen) atoms. The van der Waals surface area contributed by atoms with Crippen LogP contribution in [-0.4, -0.2) is 23.4 Å². The minimum Gasteiger partial charge on any atom is -0.238 e. The van der Waals surface area contributed by atoms with Crippen LogP contribution in [-0.2, 0) is 0 Å². The highest BCUT2D eigenvalue weighted by Crippen LogP contribution is 2.02. The summed E-state index contributed by atoms with van der Waals surface area (Å²) in [6.45, 7) is 5.78. The van der Waals surface area contributed by atoms with Gasteiger partial charge in [0, 0.05) is 12.8 Å². The summed E-state index contributed by atoms with van der Waals surface area (Å²) in [5.41, 5.74) is 0. The van der Waals surface area contributed by atoms with Gasteiger partial charge in [-0.15, -0.1) is 0 Å². The van der Waals surface area contributed by atoms with Crippen molar-refractivity contribution in [3.8, 4) is 0 Å². The normalized spacial score (nSPS) is 20.1. The van der Waals surface area contributed by atoms with Crippen molar-refractivity contribution in [2.45, 2.75) is 39.2 Å². The van der Waals surface area contributed by atoms with Crippen LogP contribution in [0.25, 0.3) is 0 Å². The lowest BCUT2D eigenvalue weighted by atomic mass is 10.4. The zero-order chi connectivity index (χ0) is 6.69. The quantitative estimate of drug-likeness (QED) is 0.288. The van der Waals surface area contributed by atoms with Crippen LogP contribution in [0.1, 0.15) is 33.1 Å². The van der Waals surface area contributed by atoms with Gasteiger partial charge in [0.25, 0.3) is 0 Å². The van der Waals surface area contributed by atoms with E-state index in [0.29, 0.717) is 6.04 Å². The van der Waals surface area contributed by atoms with E-state index in [4.69, 9.17) is 0 Å². The largest absolute Gasteiger partial charge is 0.238 e. The summed E-state index contributed by atoms with van der Waals surface area (Å²) in [6, 6.07) is 0.713. The van der Waals surface area contributed by atoms with E-state index in [1.807, 2.05) is 0 Å². The van der Waals surface area contributed by atoms with E-state index in [-0.39, 0.29) is 0 Å². The van der Waals surface area contributed by atoms with Gasteiger partial charge in [0.05, 0.1) is 0 Å². The average molecular weight is 129 g/mol. The fourth-order valence-electron chi connectivity index (χ4n) is 1.26. The van der Waals surface area contributed by atoms with Crippen LogP contribution >= 0.6 is 0 Å². The van der Waals surface area contributed by atoms with Crippen molar-refractivity contribution in [3.05, 3.63) is 0 Å². The van der Waals surface area contributed by atoms with E-state index >= 15 is 0 Å². The van der Waals surface area contributed by atoms with Crippen LogP contribution in [0.4, 0.5) is 0 Å². The smallest absolute Gasteiger partial charge is 0.146 e. The van der Waals surface area contributed by atoms with Gasteiger partial charge in [0.2, 0.25) is 0 Å². The maximum atomic E-state index is 2.43. The van der Waals surface area contributed by atoms with Gasteiger partial charge in [0.1, 0.15) is 18.8 Å². The standard InChI is InChI=1S/C8H16N/c1-8(2)9-6-4-3-5-7-9/h6,8H,3-5,7H2,1-2H3/q+1/i5+1,7+1,9+1. The lowest BCUT2D eigenvalue weighted by Crippen LogP contribution is -2.25. The van der Waals surface area contributed by atoms with Gasteiger partial charge in [-0.1, -0.05) is 0 Å². The molecule has 52 valence electrons. The SMILES string of the molecule is CC(C)[15N+]1=CCC[13CH2][13CH2]1. The second-order valence-corrected chi connectivity index (χ2v) is 3.01. The molecule has 0 N–H and O–H groups in total.